The molecule has 0 radical (unpaired) electrons. The van der Waals surface area contributed by atoms with Gasteiger partial charge in [-0.3, -0.25) is 0 Å². The van der Waals surface area contributed by atoms with Crippen LogP contribution < -0.4 is 0 Å². The van der Waals surface area contributed by atoms with Gasteiger partial charge in [0.15, 0.2) is 0 Å². The predicted molar refractivity (Wildman–Crippen MR) is 72.2 cm³/mol. The normalized spacial score (nSPS) is 11.9. The Labute approximate surface area is 110 Å². The number of benzene rings is 1. The fraction of sp³-hybridized carbons (Fsp3) is 0.385. The van der Waals surface area contributed by atoms with Crippen LogP contribution in [0.4, 0.5) is 0 Å². The van der Waals surface area contributed by atoms with Crippen molar-refractivity contribution < 1.29 is 9.53 Å². The predicted octanol–water partition coefficient (Wildman–Crippen LogP) is 3.35. The molecule has 4 heteroatoms. The molecule has 0 aliphatic heterocycles. The number of carbonyl (C=O) groups is 1. The lowest BCUT2D eigenvalue weighted by Crippen LogP contribution is -2.14. The number of carbonyl (C=O) groups excluding carboxylic acids is 1. The first kappa shape index (κ1) is 13.9. The van der Waals surface area contributed by atoms with E-state index < -0.39 is 0 Å². The van der Waals surface area contributed by atoms with Gasteiger partial charge in [0.25, 0.3) is 0 Å². The van der Waals surface area contributed by atoms with Crippen molar-refractivity contribution in [3.05, 3.63) is 35.4 Å². The van der Waals surface area contributed by atoms with Crippen molar-refractivity contribution in [2.45, 2.75) is 24.6 Å². The van der Waals surface area contributed by atoms with Crippen LogP contribution in [0.1, 0.15) is 28.8 Å². The molecule has 3 nitrogen and oxygen atoms in total. The molecular formula is C13H16BrNO2. The van der Waals surface area contributed by atoms with Gasteiger partial charge in [0.2, 0.25) is 0 Å². The van der Waals surface area contributed by atoms with Crippen LogP contribution in [0.3, 0.4) is 0 Å². The number of hydrogen-bond acceptors (Lipinski definition) is 3. The van der Waals surface area contributed by atoms with Crippen molar-refractivity contribution in [2.24, 2.45) is 0 Å². The van der Waals surface area contributed by atoms with Crippen LogP contribution in [-0.4, -0.2) is 23.6 Å². The molecule has 0 fully saturated rings. The van der Waals surface area contributed by atoms with Crippen molar-refractivity contribution in [1.29, 1.82) is 5.41 Å². The smallest absolute Gasteiger partial charge is 0.338 e. The number of nitrogens with one attached hydrogen (secondary N) is 1. The third kappa shape index (κ3) is 5.13. The van der Waals surface area contributed by atoms with Gasteiger partial charge in [0.05, 0.1) is 5.56 Å². The lowest BCUT2D eigenvalue weighted by Gasteiger charge is -2.09. The summed E-state index contributed by atoms with van der Waals surface area (Å²) < 4.78 is 5.17. The molecule has 0 aliphatic carbocycles. The lowest BCUT2D eigenvalue weighted by molar-refractivity contribution is 0.0506. The molecule has 0 aromatic heterocycles. The minimum absolute atomic E-state index is 0.110. The van der Waals surface area contributed by atoms with E-state index in [1.807, 2.05) is 19.1 Å². The van der Waals surface area contributed by atoms with Crippen LogP contribution in [0.5, 0.6) is 0 Å². The Hall–Kier alpha value is -1.16. The maximum Gasteiger partial charge on any atom is 0.338 e. The van der Waals surface area contributed by atoms with Gasteiger partial charge in [-0.25, -0.2) is 4.79 Å². The summed E-state index contributed by atoms with van der Waals surface area (Å²) in [7, 11) is 0. The molecule has 0 heterocycles. The molecule has 0 amide bonds. The number of rotatable bonds is 6. The van der Waals surface area contributed by atoms with Gasteiger partial charge >= 0.3 is 5.97 Å². The molecule has 1 atom stereocenters. The zero-order chi connectivity index (χ0) is 12.7. The SMILES string of the molecule is Cc1ccc(C(=O)OC[C@H](Br)CCC=N)cc1. The molecule has 1 rings (SSSR count). The average Bonchev–Trinajstić information content (AvgIpc) is 2.34. The molecule has 0 saturated carbocycles. The summed E-state index contributed by atoms with van der Waals surface area (Å²) in [6, 6.07) is 7.30. The molecule has 0 saturated heterocycles. The summed E-state index contributed by atoms with van der Waals surface area (Å²) in [5, 5.41) is 6.91. The Morgan fingerprint density at radius 1 is 1.47 bits per heavy atom. The maximum atomic E-state index is 11.6. The minimum Gasteiger partial charge on any atom is -0.461 e. The Balaban J connectivity index is 2.39. The lowest BCUT2D eigenvalue weighted by atomic mass is 10.1. The van der Waals surface area contributed by atoms with E-state index in [1.165, 1.54) is 6.21 Å². The van der Waals surface area contributed by atoms with Crippen LogP contribution in [0, 0.1) is 12.3 Å². The first-order valence-electron chi connectivity index (χ1n) is 5.50. The van der Waals surface area contributed by atoms with Crippen LogP contribution in [0.2, 0.25) is 0 Å². The number of esters is 1. The first-order valence-corrected chi connectivity index (χ1v) is 6.42. The van der Waals surface area contributed by atoms with Crippen molar-refractivity contribution in [3.63, 3.8) is 0 Å². The fourth-order valence-corrected chi connectivity index (χ4v) is 1.68. The minimum atomic E-state index is -0.302. The molecule has 1 N–H and O–H groups in total. The third-order valence-corrected chi connectivity index (χ3v) is 3.03. The van der Waals surface area contributed by atoms with Crippen LogP contribution in [0.25, 0.3) is 0 Å². The molecule has 0 aliphatic rings. The number of alkyl halides is 1. The standard InChI is InChI=1S/C13H16BrNO2/c1-10-4-6-11(7-5-10)13(16)17-9-12(14)3-2-8-15/h4-8,12,15H,2-3,9H2,1H3/t12-/m1/s1. The van der Waals surface area contributed by atoms with Gasteiger partial charge in [0, 0.05) is 4.83 Å². The summed E-state index contributed by atoms with van der Waals surface area (Å²) >= 11 is 3.41. The maximum absolute atomic E-state index is 11.6. The zero-order valence-electron chi connectivity index (χ0n) is 9.78. The molecule has 0 bridgehead atoms. The molecule has 0 spiro atoms. The summed E-state index contributed by atoms with van der Waals surface area (Å²) in [6.45, 7) is 2.31. The number of hydrogen-bond donors (Lipinski definition) is 1. The highest BCUT2D eigenvalue weighted by Crippen LogP contribution is 2.10. The highest BCUT2D eigenvalue weighted by molar-refractivity contribution is 9.09. The third-order valence-electron chi connectivity index (χ3n) is 2.31. The second-order valence-corrected chi connectivity index (χ2v) is 5.14. The van der Waals surface area contributed by atoms with E-state index in [0.29, 0.717) is 18.6 Å². The van der Waals surface area contributed by atoms with E-state index in [1.54, 1.807) is 12.1 Å². The number of ether oxygens (including phenoxy) is 1. The average molecular weight is 298 g/mol. The first-order chi connectivity index (χ1) is 8.13. The van der Waals surface area contributed by atoms with E-state index in [9.17, 15) is 4.79 Å². The second kappa shape index (κ2) is 7.22. The van der Waals surface area contributed by atoms with Crippen LogP contribution >= 0.6 is 15.9 Å². The highest BCUT2D eigenvalue weighted by atomic mass is 79.9. The summed E-state index contributed by atoms with van der Waals surface area (Å²) in [5.41, 5.74) is 1.69. The largest absolute Gasteiger partial charge is 0.461 e. The topological polar surface area (TPSA) is 50.2 Å². The van der Waals surface area contributed by atoms with Crippen LogP contribution in [-0.2, 0) is 4.74 Å². The highest BCUT2D eigenvalue weighted by Gasteiger charge is 2.10. The van der Waals surface area contributed by atoms with Crippen molar-refractivity contribution in [2.75, 3.05) is 6.61 Å². The number of halogens is 1. The Morgan fingerprint density at radius 2 is 2.12 bits per heavy atom. The van der Waals surface area contributed by atoms with Gasteiger partial charge in [-0.15, -0.1) is 0 Å². The molecular weight excluding hydrogens is 282 g/mol. The molecule has 92 valence electrons. The second-order valence-electron chi connectivity index (χ2n) is 3.84. The Bertz CT molecular complexity index is 376. The van der Waals surface area contributed by atoms with E-state index >= 15 is 0 Å². The zero-order valence-corrected chi connectivity index (χ0v) is 11.4. The quantitative estimate of drug-likeness (QED) is 0.497. The number of aryl methyl sites for hydroxylation is 1. The van der Waals surface area contributed by atoms with Crippen LogP contribution in [0.15, 0.2) is 24.3 Å². The summed E-state index contributed by atoms with van der Waals surface area (Å²) in [5.74, 6) is -0.302. The molecule has 1 aromatic carbocycles. The van der Waals surface area contributed by atoms with Crippen molar-refractivity contribution >= 4 is 28.1 Å². The summed E-state index contributed by atoms with van der Waals surface area (Å²) in [4.78, 5) is 11.8. The van der Waals surface area contributed by atoms with E-state index in [0.717, 1.165) is 12.0 Å². The van der Waals surface area contributed by atoms with Gasteiger partial charge in [-0.05, 0) is 38.1 Å². The summed E-state index contributed by atoms with van der Waals surface area (Å²) in [6.07, 6.45) is 2.85. The van der Waals surface area contributed by atoms with E-state index in [2.05, 4.69) is 15.9 Å². The van der Waals surface area contributed by atoms with E-state index in [4.69, 9.17) is 10.1 Å². The monoisotopic (exact) mass is 297 g/mol. The van der Waals surface area contributed by atoms with Gasteiger partial charge in [-0.1, -0.05) is 33.6 Å². The Morgan fingerprint density at radius 3 is 2.71 bits per heavy atom. The molecule has 1 aromatic rings. The van der Waals surface area contributed by atoms with Crippen molar-refractivity contribution in [1.82, 2.24) is 0 Å². The van der Waals surface area contributed by atoms with E-state index in [-0.39, 0.29) is 10.8 Å². The van der Waals surface area contributed by atoms with Gasteiger partial charge in [-0.2, -0.15) is 0 Å². The fourth-order valence-electron chi connectivity index (χ4n) is 1.29. The van der Waals surface area contributed by atoms with Crippen molar-refractivity contribution in [3.8, 4) is 0 Å². The van der Waals surface area contributed by atoms with Gasteiger partial charge in [0.1, 0.15) is 6.61 Å². The molecule has 17 heavy (non-hydrogen) atoms. The van der Waals surface area contributed by atoms with Gasteiger partial charge < -0.3 is 10.1 Å². The molecule has 0 unspecified atom stereocenters. The Kier molecular flexibility index (Phi) is 5.91.